The topological polar surface area (TPSA) is 154 Å². The van der Waals surface area contributed by atoms with Gasteiger partial charge in [-0.3, -0.25) is 9.35 Å². The lowest BCUT2D eigenvalue weighted by atomic mass is 10.2. The number of primary amides is 1. The number of carbonyl (C=O) groups excluding carboxylic acids is 1. The Labute approximate surface area is 296 Å². The summed E-state index contributed by atoms with van der Waals surface area (Å²) < 4.78 is 113. The number of ether oxygens (including phenoxy) is 2. The summed E-state index contributed by atoms with van der Waals surface area (Å²) in [6.45, 7) is 3.69. The van der Waals surface area contributed by atoms with Crippen molar-refractivity contribution in [1.29, 1.82) is 0 Å². The third-order valence-corrected chi connectivity index (χ3v) is 7.34. The molecule has 3 aromatic carbocycles. The van der Waals surface area contributed by atoms with E-state index in [1.54, 1.807) is 56.3 Å². The molecular weight excluding hydrogens is 727 g/mol. The van der Waals surface area contributed by atoms with Gasteiger partial charge in [-0.05, 0) is 55.8 Å². The number of hydrogen-bond donors (Lipinski definition) is 4. The highest BCUT2D eigenvalue weighted by molar-refractivity contribution is 7.85. The van der Waals surface area contributed by atoms with Crippen molar-refractivity contribution < 1.29 is 53.6 Å². The van der Waals surface area contributed by atoms with Crippen LogP contribution in [0.15, 0.2) is 101 Å². The van der Waals surface area contributed by atoms with Gasteiger partial charge in [0.05, 0.1) is 17.6 Å². The van der Waals surface area contributed by atoms with Crippen LogP contribution in [-0.2, 0) is 32.4 Å². The summed E-state index contributed by atoms with van der Waals surface area (Å²) in [5.41, 5.74) is 4.32. The van der Waals surface area contributed by atoms with Gasteiger partial charge in [-0.25, -0.2) is 4.98 Å². The normalized spacial score (nSPS) is 13.4. The van der Waals surface area contributed by atoms with Crippen molar-refractivity contribution in [3.05, 3.63) is 102 Å². The minimum atomic E-state index is -4.86. The molecule has 1 aliphatic carbocycles. The molecule has 51 heavy (non-hydrogen) atoms. The molecule has 0 radical (unpaired) electrons. The lowest BCUT2D eigenvalue weighted by Gasteiger charge is -2.23. The first-order chi connectivity index (χ1) is 23.8. The molecule has 1 saturated carbocycles. The number of rotatable bonds is 9. The average molecular weight is 763 g/mol. The molecule has 2 atom stereocenters. The summed E-state index contributed by atoms with van der Waals surface area (Å²) in [6, 6.07) is 23.8. The van der Waals surface area contributed by atoms with Gasteiger partial charge in [0, 0.05) is 16.8 Å². The van der Waals surface area contributed by atoms with Crippen molar-refractivity contribution >= 4 is 40.3 Å². The quantitative estimate of drug-likeness (QED) is 0.0754. The van der Waals surface area contributed by atoms with Crippen molar-refractivity contribution in [2.75, 3.05) is 5.32 Å². The van der Waals surface area contributed by atoms with Gasteiger partial charge in [-0.1, -0.05) is 67.8 Å². The highest BCUT2D eigenvalue weighted by Crippen LogP contribution is 2.36. The number of thiol groups is 1. The molecule has 1 aliphatic rings. The highest BCUT2D eigenvalue weighted by atomic mass is 32.2. The third-order valence-electron chi connectivity index (χ3n) is 6.17. The first-order valence-electron chi connectivity index (χ1n) is 15.0. The van der Waals surface area contributed by atoms with Crippen LogP contribution in [0.5, 0.6) is 5.88 Å². The van der Waals surface area contributed by atoms with E-state index in [2.05, 4.69) is 33.6 Å². The molecule has 0 spiro atoms. The number of aromatic nitrogens is 2. The van der Waals surface area contributed by atoms with Crippen LogP contribution in [0.25, 0.3) is 0 Å². The van der Waals surface area contributed by atoms with E-state index in [9.17, 15) is 34.8 Å². The van der Waals surface area contributed by atoms with Crippen LogP contribution in [-0.4, -0.2) is 47.2 Å². The van der Waals surface area contributed by atoms with E-state index in [0.29, 0.717) is 18.5 Å². The number of hydrogen-bond acceptors (Lipinski definition) is 9. The van der Waals surface area contributed by atoms with E-state index in [1.165, 1.54) is 31.4 Å². The fourth-order valence-corrected chi connectivity index (χ4v) is 3.84. The molecule has 1 amide bonds. The molecule has 0 unspecified atom stereocenters. The summed E-state index contributed by atoms with van der Waals surface area (Å²) in [4.78, 5) is 17.5. The second-order valence-corrected chi connectivity index (χ2v) is 12.6. The second-order valence-electron chi connectivity index (χ2n) is 10.6. The summed E-state index contributed by atoms with van der Waals surface area (Å²) in [7, 11) is -4.00. The fraction of sp³-hybridized carbons (Fsp3) is 0.303. The molecule has 10 nitrogen and oxygen atoms in total. The zero-order valence-electron chi connectivity index (χ0n) is 27.2. The Morgan fingerprint density at radius 3 is 1.84 bits per heavy atom. The monoisotopic (exact) mass is 762 g/mol. The number of alkyl halides is 6. The molecule has 278 valence electrons. The predicted molar refractivity (Wildman–Crippen MR) is 180 cm³/mol. The lowest BCUT2D eigenvalue weighted by Crippen LogP contribution is -2.30. The van der Waals surface area contributed by atoms with E-state index >= 15 is 0 Å². The van der Waals surface area contributed by atoms with Crippen molar-refractivity contribution in [2.24, 2.45) is 5.73 Å². The maximum Gasteiger partial charge on any atom is 0.470 e. The number of nitrogens with two attached hydrogens (primary N) is 1. The third kappa shape index (κ3) is 17.4. The van der Waals surface area contributed by atoms with Crippen molar-refractivity contribution in [1.82, 2.24) is 9.97 Å². The number of carbonyl (C=O) groups is 1. The molecule has 4 aromatic rings. The largest absolute Gasteiger partial charge is 0.471 e. The van der Waals surface area contributed by atoms with Crippen LogP contribution in [0.2, 0.25) is 0 Å². The Morgan fingerprint density at radius 1 is 0.902 bits per heavy atom. The van der Waals surface area contributed by atoms with Crippen molar-refractivity contribution in [2.45, 2.75) is 74.1 Å². The van der Waals surface area contributed by atoms with E-state index in [0.717, 1.165) is 10.5 Å². The second kappa shape index (κ2) is 19.9. The number of benzene rings is 3. The number of amides is 1. The molecule has 1 aromatic heterocycles. The fourth-order valence-electron chi connectivity index (χ4n) is 3.19. The van der Waals surface area contributed by atoms with E-state index in [4.69, 9.17) is 18.8 Å². The zero-order chi connectivity index (χ0) is 38.2. The molecule has 5 rings (SSSR count). The number of halogens is 6. The molecule has 0 saturated heterocycles. The number of anilines is 2. The van der Waals surface area contributed by atoms with Crippen LogP contribution >= 0.6 is 12.6 Å². The molecular formula is C33H36F6N4O6S2. The average Bonchev–Trinajstić information content (AvgIpc) is 3.95. The van der Waals surface area contributed by atoms with Crippen LogP contribution < -0.4 is 15.8 Å². The summed E-state index contributed by atoms with van der Waals surface area (Å²) in [5, 5.41) is 2.86. The molecule has 4 N–H and O–H groups in total. The molecule has 1 fully saturated rings. The molecule has 0 bridgehead atoms. The van der Waals surface area contributed by atoms with Crippen LogP contribution in [0, 0.1) is 0 Å². The standard InChI is InChI=1S/C22H22F3N3O2S.C6H6O3S.C3H6.C2H2F3NO/c1-14(29-13-16-6-4-3-5-7-16)15(2)30-20-19(22(23,24)25)12-26-21(28-20)27-17-8-10-18(31)11-9-17;7-10(8,9)6-4-2-1-3-5-6;1-2-3-1;3-2(4,5)1(6)7/h3-12,14-15,31H,13H2,1-2H3,(H,26,27,28);1-5H,(H,7,8,9);1-3H2;(H2,6,7)/t14-,15-;;;/m1.../s1. The van der Waals surface area contributed by atoms with Gasteiger partial charge in [-0.15, -0.1) is 12.6 Å². The Bertz CT molecular complexity index is 1750. The Hall–Kier alpha value is -4.39. The van der Waals surface area contributed by atoms with Gasteiger partial charge in [0.2, 0.25) is 11.8 Å². The van der Waals surface area contributed by atoms with Crippen molar-refractivity contribution in [3.8, 4) is 5.88 Å². The first kappa shape index (κ1) is 42.8. The highest BCUT2D eigenvalue weighted by Gasteiger charge is 2.37. The summed E-state index contributed by atoms with van der Waals surface area (Å²) in [5.74, 6) is -2.83. The van der Waals surface area contributed by atoms with Gasteiger partial charge < -0.3 is 20.5 Å². The minimum absolute atomic E-state index is 0.0139. The van der Waals surface area contributed by atoms with Crippen molar-refractivity contribution in [3.63, 3.8) is 0 Å². The summed E-state index contributed by atoms with van der Waals surface area (Å²) >= 11 is 4.20. The number of nitrogens with zero attached hydrogens (tertiary/aromatic N) is 2. The van der Waals surface area contributed by atoms with Gasteiger partial charge in [0.15, 0.2) is 0 Å². The lowest BCUT2D eigenvalue weighted by molar-refractivity contribution is -0.169. The maximum atomic E-state index is 13.5. The van der Waals surface area contributed by atoms with Gasteiger partial charge in [0.1, 0.15) is 11.7 Å². The Morgan fingerprint density at radius 2 is 1.41 bits per heavy atom. The maximum absolute atomic E-state index is 13.5. The SMILES string of the molecule is C1CC1.C[C@@H](OCc1ccccc1)[C@@H](C)Oc1nc(Nc2ccc(S)cc2)ncc1C(F)(F)F.NC(=O)C(F)(F)F.O=S(=O)(O)c1ccccc1. The van der Waals surface area contributed by atoms with Gasteiger partial charge in [0.25, 0.3) is 10.1 Å². The predicted octanol–water partition coefficient (Wildman–Crippen LogP) is 8.04. The van der Waals surface area contributed by atoms with Crippen LogP contribution in [0.4, 0.5) is 38.0 Å². The van der Waals surface area contributed by atoms with Gasteiger partial charge >= 0.3 is 18.3 Å². The van der Waals surface area contributed by atoms with Crippen LogP contribution in [0.3, 0.4) is 0 Å². The Kier molecular flexibility index (Phi) is 16.7. The van der Waals surface area contributed by atoms with Gasteiger partial charge in [-0.2, -0.15) is 39.7 Å². The van der Waals surface area contributed by atoms with E-state index < -0.39 is 52.0 Å². The molecule has 18 heteroatoms. The molecule has 1 heterocycles. The van der Waals surface area contributed by atoms with E-state index in [1.807, 2.05) is 30.3 Å². The zero-order valence-corrected chi connectivity index (χ0v) is 28.9. The summed E-state index contributed by atoms with van der Waals surface area (Å²) in [6.07, 6.45) is -5.47. The smallest absolute Gasteiger partial charge is 0.470 e. The minimum Gasteiger partial charge on any atom is -0.471 e. The van der Waals surface area contributed by atoms with E-state index in [-0.39, 0.29) is 10.8 Å². The Balaban J connectivity index is 0.000000363. The first-order valence-corrected chi connectivity index (χ1v) is 16.9. The molecule has 0 aliphatic heterocycles. The van der Waals surface area contributed by atoms with Crippen LogP contribution in [0.1, 0.15) is 44.2 Å². The number of nitrogens with one attached hydrogen (secondary N) is 1.